The second-order valence-corrected chi connectivity index (χ2v) is 29.3. The van der Waals surface area contributed by atoms with E-state index < -0.39 is 116 Å². The highest BCUT2D eigenvalue weighted by Gasteiger charge is 2.46. The normalized spacial score (nSPS) is 21.0. The zero-order chi connectivity index (χ0) is 65.6. The molecular formula is C56H67BrF5N9O13S3. The van der Waals surface area contributed by atoms with Crippen molar-refractivity contribution in [2.24, 2.45) is 20.7 Å². The van der Waals surface area contributed by atoms with E-state index in [-0.39, 0.29) is 52.7 Å². The number of alkyl carbamates (subject to hydrolysis) is 2. The maximum atomic E-state index is 14.5. The highest BCUT2D eigenvalue weighted by Crippen LogP contribution is 2.38. The third kappa shape index (κ3) is 18.9. The quantitative estimate of drug-likeness (QED) is 0.0993. The Morgan fingerprint density at radius 1 is 0.575 bits per heavy atom. The maximum absolute atomic E-state index is 14.5. The molecule has 0 aromatic heterocycles. The number of carbonyl (C=O) groups excluding carboxylic acids is 2. The SMILES string of the molecule is CN1C(N)=N[C@](C)(c2cc(COc3cccc(F)c3)ccc2F)CS1(=O)=O.CN1C(NC(=O)OC(C)(C)C)=N[C@](C)(c2cc(Br)ccc2F)CS1(=O)=O.CN1C(NC(=O)OC(C)(C)C)=N[C@](C)(c2cc(O)ccc2F)CS1(=O)=O.Oc1cccc(F)c1. The molecular weight excluding hydrogens is 1280 g/mol. The fraction of sp³-hybridized carbons (Fsp3) is 0.375. The van der Waals surface area contributed by atoms with Gasteiger partial charge < -0.3 is 30.2 Å². The van der Waals surface area contributed by atoms with Gasteiger partial charge in [0.15, 0.2) is 0 Å². The first-order valence-corrected chi connectivity index (χ1v) is 31.5. The molecule has 5 aromatic rings. The lowest BCUT2D eigenvalue weighted by Crippen LogP contribution is -2.54. The van der Waals surface area contributed by atoms with E-state index in [1.165, 1.54) is 115 Å². The Morgan fingerprint density at radius 2 is 0.977 bits per heavy atom. The van der Waals surface area contributed by atoms with Crippen LogP contribution in [0.25, 0.3) is 0 Å². The van der Waals surface area contributed by atoms with E-state index in [4.69, 9.17) is 25.1 Å². The van der Waals surface area contributed by atoms with Crippen molar-refractivity contribution in [3.63, 3.8) is 0 Å². The number of guanidine groups is 3. The van der Waals surface area contributed by atoms with Crippen molar-refractivity contribution in [3.05, 3.63) is 159 Å². The first-order chi connectivity index (χ1) is 39.9. The molecule has 0 unspecified atom stereocenters. The average molecular weight is 1350 g/mol. The zero-order valence-corrected chi connectivity index (χ0v) is 53.3. The lowest BCUT2D eigenvalue weighted by atomic mass is 9.92. The van der Waals surface area contributed by atoms with Crippen molar-refractivity contribution in [2.75, 3.05) is 38.4 Å². The molecule has 0 spiro atoms. The molecule has 87 heavy (non-hydrogen) atoms. The zero-order valence-electron chi connectivity index (χ0n) is 49.3. The standard InChI is InChI=1S/C18H19F2N3O3S.C16H21BrFN3O4S.C16H22FN3O5S.C6H5FO/c1-18(11-27(24,25)23(2)17(21)22-18)15-8-12(6-7-16(15)20)10-26-14-5-3-4-13(19)9-14;1-15(2,3)25-14(22)19-13-20-16(4,9-26(23,24)21(13)5)11-8-10(17)6-7-12(11)18;1-15(2,3)25-14(22)18-13-19-16(4,9-26(23,24)20(13)5)11-8-10(21)6-7-12(11)17;7-5-2-1-3-6(8)4-5/h3-9H,10-11H2,1-2H3,(H2,21,22);6-8H,9H2,1-5H3,(H,19,20,22);6-8,21H,9H2,1-5H3,(H,18,19,22);1-4,8H/t18-;2*16-;/m000./s1. The van der Waals surface area contributed by atoms with Gasteiger partial charge in [-0.15, -0.1) is 0 Å². The van der Waals surface area contributed by atoms with Crippen molar-refractivity contribution >= 4 is 76.1 Å². The van der Waals surface area contributed by atoms with E-state index in [1.807, 2.05) is 0 Å². The summed E-state index contributed by atoms with van der Waals surface area (Å²) in [6.45, 7) is 14.5. The van der Waals surface area contributed by atoms with Crippen LogP contribution in [0.1, 0.15) is 84.6 Å². The molecule has 0 fully saturated rings. The summed E-state index contributed by atoms with van der Waals surface area (Å²) in [7, 11) is -7.66. The summed E-state index contributed by atoms with van der Waals surface area (Å²) >= 11 is 3.25. The predicted molar refractivity (Wildman–Crippen MR) is 319 cm³/mol. The second kappa shape index (κ2) is 26.7. The van der Waals surface area contributed by atoms with Gasteiger partial charge in [0.25, 0.3) is 0 Å². The smallest absolute Gasteiger partial charge is 0.414 e. The van der Waals surface area contributed by atoms with Crippen molar-refractivity contribution in [1.82, 2.24) is 23.5 Å². The van der Waals surface area contributed by atoms with Gasteiger partial charge in [0.2, 0.25) is 47.9 Å². The molecule has 31 heteroatoms. The number of phenols is 2. The molecule has 8 rings (SSSR count). The molecule has 0 saturated carbocycles. The predicted octanol–water partition coefficient (Wildman–Crippen LogP) is 8.74. The molecule has 0 radical (unpaired) electrons. The second-order valence-electron chi connectivity index (χ2n) is 22.4. The van der Waals surface area contributed by atoms with Gasteiger partial charge in [0.05, 0.1) is 17.3 Å². The summed E-state index contributed by atoms with van der Waals surface area (Å²) in [6, 6.07) is 22.6. The number of nitrogens with one attached hydrogen (secondary N) is 2. The Hall–Kier alpha value is -7.77. The van der Waals surface area contributed by atoms with Crippen LogP contribution in [0.3, 0.4) is 0 Å². The number of halogens is 6. The van der Waals surface area contributed by atoms with Crippen LogP contribution in [0.5, 0.6) is 17.2 Å². The molecule has 0 aliphatic carbocycles. The lowest BCUT2D eigenvalue weighted by molar-refractivity contribution is 0.0546. The summed E-state index contributed by atoms with van der Waals surface area (Å²) in [4.78, 5) is 36.8. The summed E-state index contributed by atoms with van der Waals surface area (Å²) in [5.74, 6) is -4.79. The van der Waals surface area contributed by atoms with Crippen molar-refractivity contribution in [3.8, 4) is 17.2 Å². The van der Waals surface area contributed by atoms with Crippen LogP contribution in [-0.2, 0) is 62.8 Å². The molecule has 0 saturated heterocycles. The minimum absolute atomic E-state index is 0.0370. The Morgan fingerprint density at radius 3 is 1.41 bits per heavy atom. The Balaban J connectivity index is 0.000000223. The minimum atomic E-state index is -3.90. The maximum Gasteiger partial charge on any atom is 0.414 e. The summed E-state index contributed by atoms with van der Waals surface area (Å²) in [5, 5.41) is 22.8. The third-order valence-corrected chi connectivity index (χ3v) is 18.8. The van der Waals surface area contributed by atoms with E-state index in [0.29, 0.717) is 15.8 Å². The molecule has 0 bridgehead atoms. The van der Waals surface area contributed by atoms with E-state index in [0.717, 1.165) is 37.2 Å². The molecule has 6 N–H and O–H groups in total. The number of carbonyl (C=O) groups is 2. The van der Waals surface area contributed by atoms with Gasteiger partial charge in [-0.2, -0.15) is 0 Å². The highest BCUT2D eigenvalue weighted by atomic mass is 79.9. The fourth-order valence-electron chi connectivity index (χ4n) is 8.32. The van der Waals surface area contributed by atoms with Gasteiger partial charge in [0, 0.05) is 54.4 Å². The minimum Gasteiger partial charge on any atom is -0.508 e. The third-order valence-electron chi connectivity index (χ3n) is 12.5. The molecule has 3 aliphatic heterocycles. The van der Waals surface area contributed by atoms with E-state index in [1.54, 1.807) is 47.6 Å². The summed E-state index contributed by atoms with van der Waals surface area (Å²) in [5.41, 5.74) is 0.522. The number of ether oxygens (including phenoxy) is 3. The Kier molecular flexibility index (Phi) is 21.5. The summed E-state index contributed by atoms with van der Waals surface area (Å²) < 4.78 is 162. The van der Waals surface area contributed by atoms with Gasteiger partial charge in [-0.05, 0) is 141 Å². The van der Waals surface area contributed by atoms with Gasteiger partial charge in [-0.1, -0.05) is 34.1 Å². The number of hydrogen-bond donors (Lipinski definition) is 5. The molecule has 3 aliphatic rings. The van der Waals surface area contributed by atoms with Crippen LogP contribution in [0, 0.1) is 29.1 Å². The summed E-state index contributed by atoms with van der Waals surface area (Å²) in [6.07, 6.45) is -1.74. The molecule has 5 aromatic carbocycles. The highest BCUT2D eigenvalue weighted by molar-refractivity contribution is 9.10. The number of rotatable bonds is 6. The topological polar surface area (TPSA) is 302 Å². The van der Waals surface area contributed by atoms with Crippen LogP contribution in [0.15, 0.2) is 123 Å². The van der Waals surface area contributed by atoms with Crippen LogP contribution >= 0.6 is 15.9 Å². The van der Waals surface area contributed by atoms with Gasteiger partial charge in [-0.3, -0.25) is 10.6 Å². The van der Waals surface area contributed by atoms with Crippen molar-refractivity contribution < 1.29 is 81.2 Å². The van der Waals surface area contributed by atoms with Gasteiger partial charge >= 0.3 is 12.2 Å². The number of hydrogen-bond acceptors (Lipinski definition) is 17. The number of sulfonamides is 3. The molecule has 22 nitrogen and oxygen atoms in total. The molecule has 474 valence electrons. The van der Waals surface area contributed by atoms with Crippen LogP contribution in [-0.4, -0.2) is 128 Å². The lowest BCUT2D eigenvalue weighted by Gasteiger charge is -2.36. The number of amides is 2. The molecule has 3 atom stereocenters. The number of aliphatic imine (C=N–C) groups is 3. The number of nitrogens with zero attached hydrogens (tertiary/aromatic N) is 6. The Bertz CT molecular complexity index is 3690. The van der Waals surface area contributed by atoms with Crippen LogP contribution < -0.4 is 21.1 Å². The largest absolute Gasteiger partial charge is 0.508 e. The first-order valence-electron chi connectivity index (χ1n) is 25.9. The van der Waals surface area contributed by atoms with E-state index in [9.17, 15) is 61.9 Å². The fourth-order valence-corrected chi connectivity index (χ4v) is 13.1. The number of benzene rings is 5. The average Bonchev–Trinajstić information content (AvgIpc) is 1.59. The van der Waals surface area contributed by atoms with Crippen LogP contribution in [0.2, 0.25) is 0 Å². The van der Waals surface area contributed by atoms with Gasteiger partial charge in [0.1, 0.15) is 80.8 Å². The van der Waals surface area contributed by atoms with Crippen molar-refractivity contribution in [2.45, 2.75) is 96.7 Å². The number of phenolic OH excluding ortho intramolecular Hbond substituents is 2. The van der Waals surface area contributed by atoms with Crippen LogP contribution in [0.4, 0.5) is 31.5 Å². The molecule has 3 heterocycles. The van der Waals surface area contributed by atoms with E-state index in [2.05, 4.69) is 41.5 Å². The van der Waals surface area contributed by atoms with Gasteiger partial charge in [-0.25, -0.2) is 84.7 Å². The molecule has 2 amide bonds. The number of aromatic hydroxyl groups is 2. The monoisotopic (exact) mass is 1340 g/mol. The van der Waals surface area contributed by atoms with Crippen molar-refractivity contribution in [1.29, 1.82) is 0 Å². The van der Waals surface area contributed by atoms with E-state index >= 15 is 0 Å². The first kappa shape index (κ1) is 70.0. The Labute approximate surface area is 510 Å². The number of nitrogens with two attached hydrogens (primary N) is 1.